The highest BCUT2D eigenvalue weighted by molar-refractivity contribution is 5.80. The second-order valence-corrected chi connectivity index (χ2v) is 6.68. The number of halogens is 1. The summed E-state index contributed by atoms with van der Waals surface area (Å²) >= 11 is 0. The third kappa shape index (κ3) is 4.64. The maximum Gasteiger partial charge on any atom is 0.274 e. The van der Waals surface area contributed by atoms with Gasteiger partial charge in [-0.2, -0.15) is 0 Å². The van der Waals surface area contributed by atoms with E-state index in [1.807, 2.05) is 6.92 Å². The number of benzene rings is 2. The highest BCUT2D eigenvalue weighted by Gasteiger charge is 2.28. The van der Waals surface area contributed by atoms with Crippen molar-refractivity contribution >= 4 is 11.6 Å². The van der Waals surface area contributed by atoms with Crippen molar-refractivity contribution in [3.8, 4) is 0 Å². The Bertz CT molecular complexity index is 857. The first kappa shape index (κ1) is 19.8. The minimum Gasteiger partial charge on any atom is -0.367 e. The van der Waals surface area contributed by atoms with Gasteiger partial charge in [-0.3, -0.25) is 15.1 Å². The van der Waals surface area contributed by atoms with E-state index in [1.165, 1.54) is 18.2 Å². The summed E-state index contributed by atoms with van der Waals surface area (Å²) in [5.41, 5.74) is 1.56. The van der Waals surface area contributed by atoms with Gasteiger partial charge in [-0.25, -0.2) is 4.39 Å². The van der Waals surface area contributed by atoms with Crippen LogP contribution in [0, 0.1) is 15.9 Å². The number of ether oxygens (including phenoxy) is 1. The van der Waals surface area contributed by atoms with Crippen molar-refractivity contribution in [2.45, 2.75) is 25.7 Å². The zero-order chi connectivity index (χ0) is 20.1. The van der Waals surface area contributed by atoms with E-state index in [2.05, 4.69) is 15.2 Å². The summed E-state index contributed by atoms with van der Waals surface area (Å²) < 4.78 is 19.2. The Labute approximate surface area is 163 Å². The van der Waals surface area contributed by atoms with Gasteiger partial charge in [0, 0.05) is 31.8 Å². The molecule has 3 rings (SSSR count). The lowest BCUT2D eigenvalue weighted by atomic mass is 10.1. The molecule has 1 fully saturated rings. The monoisotopic (exact) mass is 386 g/mol. The second kappa shape index (κ2) is 8.79. The summed E-state index contributed by atoms with van der Waals surface area (Å²) in [4.78, 5) is 17.2. The van der Waals surface area contributed by atoms with E-state index in [0.29, 0.717) is 24.6 Å². The summed E-state index contributed by atoms with van der Waals surface area (Å²) in [7, 11) is 1.68. The molecule has 2 unspecified atom stereocenters. The number of rotatable bonds is 4. The van der Waals surface area contributed by atoms with Gasteiger partial charge >= 0.3 is 0 Å². The van der Waals surface area contributed by atoms with E-state index in [9.17, 15) is 14.5 Å². The summed E-state index contributed by atoms with van der Waals surface area (Å²) in [6.07, 6.45) is -0.262. The van der Waals surface area contributed by atoms with Crippen LogP contribution in [-0.2, 0) is 11.3 Å². The van der Waals surface area contributed by atoms with Gasteiger partial charge in [-0.15, -0.1) is 0 Å². The predicted molar refractivity (Wildman–Crippen MR) is 105 cm³/mol. The van der Waals surface area contributed by atoms with Crippen LogP contribution < -0.4 is 5.32 Å². The number of aliphatic imine (C=N–C) groups is 1. The summed E-state index contributed by atoms with van der Waals surface area (Å²) in [5, 5.41) is 14.4. The number of morpholine rings is 1. The molecule has 7 nitrogen and oxygen atoms in total. The molecule has 2 aromatic carbocycles. The first-order valence-electron chi connectivity index (χ1n) is 9.06. The van der Waals surface area contributed by atoms with Crippen LogP contribution in [0.5, 0.6) is 0 Å². The number of para-hydroxylation sites is 1. The van der Waals surface area contributed by atoms with Crippen LogP contribution in [0.25, 0.3) is 0 Å². The van der Waals surface area contributed by atoms with Gasteiger partial charge in [0.2, 0.25) is 0 Å². The molecule has 0 aliphatic carbocycles. The summed E-state index contributed by atoms with van der Waals surface area (Å²) in [5.74, 6) is 0.354. The van der Waals surface area contributed by atoms with Crippen LogP contribution in [0.3, 0.4) is 0 Å². The van der Waals surface area contributed by atoms with Crippen LogP contribution in [0.1, 0.15) is 24.2 Å². The molecule has 1 aliphatic rings. The standard InChI is InChI=1S/C20H23FN4O3/c1-14-12-24(13-19(28-14)15-7-9-17(21)10-8-15)20(22-2)23-11-16-5-3-4-6-18(16)25(26)27/h3-10,14,19H,11-13H2,1-2H3,(H,22,23). The van der Waals surface area contributed by atoms with E-state index in [0.717, 1.165) is 5.56 Å². The lowest BCUT2D eigenvalue weighted by Gasteiger charge is -2.38. The number of nitrogens with zero attached hydrogens (tertiary/aromatic N) is 3. The first-order valence-corrected chi connectivity index (χ1v) is 9.06. The molecule has 0 saturated carbocycles. The minimum atomic E-state index is -0.388. The zero-order valence-electron chi connectivity index (χ0n) is 15.8. The molecule has 0 amide bonds. The highest BCUT2D eigenvalue weighted by atomic mass is 19.1. The summed E-state index contributed by atoms with van der Waals surface area (Å²) in [6, 6.07) is 12.9. The smallest absolute Gasteiger partial charge is 0.274 e. The Kier molecular flexibility index (Phi) is 6.20. The van der Waals surface area contributed by atoms with Gasteiger partial charge in [-0.1, -0.05) is 30.3 Å². The van der Waals surface area contributed by atoms with E-state index >= 15 is 0 Å². The van der Waals surface area contributed by atoms with Gasteiger partial charge < -0.3 is 15.0 Å². The molecule has 1 saturated heterocycles. The number of hydrogen-bond donors (Lipinski definition) is 1. The van der Waals surface area contributed by atoms with Crippen molar-refractivity contribution < 1.29 is 14.1 Å². The Morgan fingerprint density at radius 3 is 2.68 bits per heavy atom. The van der Waals surface area contributed by atoms with Gasteiger partial charge in [0.1, 0.15) is 11.9 Å². The lowest BCUT2D eigenvalue weighted by molar-refractivity contribution is -0.385. The fourth-order valence-corrected chi connectivity index (χ4v) is 3.33. The fourth-order valence-electron chi connectivity index (χ4n) is 3.33. The van der Waals surface area contributed by atoms with Gasteiger partial charge in [0.15, 0.2) is 5.96 Å². The molecule has 28 heavy (non-hydrogen) atoms. The van der Waals surface area contributed by atoms with Crippen molar-refractivity contribution in [2.24, 2.45) is 4.99 Å². The molecule has 0 bridgehead atoms. The van der Waals surface area contributed by atoms with Crippen molar-refractivity contribution in [1.29, 1.82) is 0 Å². The average molecular weight is 386 g/mol. The van der Waals surface area contributed by atoms with Gasteiger partial charge in [0.05, 0.1) is 17.6 Å². The quantitative estimate of drug-likeness (QED) is 0.378. The van der Waals surface area contributed by atoms with Gasteiger partial charge in [-0.05, 0) is 24.6 Å². The molecule has 0 spiro atoms. The second-order valence-electron chi connectivity index (χ2n) is 6.68. The zero-order valence-corrected chi connectivity index (χ0v) is 15.8. The molecule has 2 aromatic rings. The molecule has 0 radical (unpaired) electrons. The molecule has 148 valence electrons. The molecule has 2 atom stereocenters. The molecule has 1 aliphatic heterocycles. The van der Waals surface area contributed by atoms with E-state index in [-0.39, 0.29) is 35.2 Å². The van der Waals surface area contributed by atoms with E-state index in [1.54, 1.807) is 37.4 Å². The Morgan fingerprint density at radius 2 is 2.00 bits per heavy atom. The van der Waals surface area contributed by atoms with Crippen molar-refractivity contribution in [2.75, 3.05) is 20.1 Å². The maximum absolute atomic E-state index is 13.2. The van der Waals surface area contributed by atoms with Crippen LogP contribution in [-0.4, -0.2) is 42.0 Å². The molecular formula is C20H23FN4O3. The minimum absolute atomic E-state index is 0.0478. The first-order chi connectivity index (χ1) is 13.5. The molecule has 1 N–H and O–H groups in total. The molecular weight excluding hydrogens is 363 g/mol. The number of nitrogens with one attached hydrogen (secondary N) is 1. The highest BCUT2D eigenvalue weighted by Crippen LogP contribution is 2.25. The van der Waals surface area contributed by atoms with Crippen molar-refractivity contribution in [3.63, 3.8) is 0 Å². The number of nitro benzene ring substituents is 1. The number of guanidine groups is 1. The average Bonchev–Trinajstić information content (AvgIpc) is 2.69. The molecule has 1 heterocycles. The predicted octanol–water partition coefficient (Wildman–Crippen LogP) is 3.27. The molecule has 8 heteroatoms. The fraction of sp³-hybridized carbons (Fsp3) is 0.350. The third-order valence-corrected chi connectivity index (χ3v) is 4.64. The Morgan fingerprint density at radius 1 is 1.29 bits per heavy atom. The van der Waals surface area contributed by atoms with Crippen molar-refractivity contribution in [1.82, 2.24) is 10.2 Å². The number of nitro groups is 1. The SMILES string of the molecule is CN=C(NCc1ccccc1[N+](=O)[O-])N1CC(C)OC(c2ccc(F)cc2)C1. The largest absolute Gasteiger partial charge is 0.367 e. The topological polar surface area (TPSA) is 80.0 Å². The third-order valence-electron chi connectivity index (χ3n) is 4.64. The van der Waals surface area contributed by atoms with Crippen LogP contribution >= 0.6 is 0 Å². The van der Waals surface area contributed by atoms with E-state index < -0.39 is 0 Å². The van der Waals surface area contributed by atoms with Gasteiger partial charge in [0.25, 0.3) is 5.69 Å². The molecule has 0 aromatic heterocycles. The Hall–Kier alpha value is -3.00. The van der Waals surface area contributed by atoms with E-state index in [4.69, 9.17) is 4.74 Å². The lowest BCUT2D eigenvalue weighted by Crippen LogP contribution is -2.50. The number of hydrogen-bond acceptors (Lipinski definition) is 4. The van der Waals surface area contributed by atoms with Crippen LogP contribution in [0.15, 0.2) is 53.5 Å². The van der Waals surface area contributed by atoms with Crippen LogP contribution in [0.4, 0.5) is 10.1 Å². The maximum atomic E-state index is 13.2. The van der Waals surface area contributed by atoms with Crippen molar-refractivity contribution in [3.05, 3.63) is 75.6 Å². The normalized spacial score (nSPS) is 20.1. The Balaban J connectivity index is 1.71. The van der Waals surface area contributed by atoms with Crippen LogP contribution in [0.2, 0.25) is 0 Å². The summed E-state index contributed by atoms with van der Waals surface area (Å²) in [6.45, 7) is 3.44.